The predicted octanol–water partition coefficient (Wildman–Crippen LogP) is -0.200. The van der Waals surface area contributed by atoms with Gasteiger partial charge in [0.2, 0.25) is 0 Å². The monoisotopic (exact) mass is 242 g/mol. The van der Waals surface area contributed by atoms with E-state index in [0.717, 1.165) is 0 Å². The summed E-state index contributed by atoms with van der Waals surface area (Å²) >= 11 is 0. The number of primary amides is 1. The summed E-state index contributed by atoms with van der Waals surface area (Å²) in [5.74, 6) is -0.490. The average Bonchev–Trinajstić information content (AvgIpc) is 1.90. The van der Waals surface area contributed by atoms with E-state index < -0.39 is 5.91 Å². The van der Waals surface area contributed by atoms with Crippen LogP contribution in [-0.4, -0.2) is 34.8 Å². The first-order valence-corrected chi connectivity index (χ1v) is 2.51. The molecule has 3 nitrogen and oxygen atoms in total. The van der Waals surface area contributed by atoms with Crippen LogP contribution < -0.4 is 5.73 Å². The summed E-state index contributed by atoms with van der Waals surface area (Å²) in [7, 11) is 0. The summed E-state index contributed by atoms with van der Waals surface area (Å²) < 4.78 is 0. The minimum Gasteiger partial charge on any atom is -0.364 e. The number of aromatic nitrogens is 1. The van der Waals surface area contributed by atoms with Gasteiger partial charge in [-0.3, -0.25) is 9.78 Å². The largest absolute Gasteiger partial charge is 0.364 e. The zero-order valence-corrected chi connectivity index (χ0v) is 8.10. The Morgan fingerprint density at radius 1 is 1.50 bits per heavy atom. The molecule has 10 heavy (non-hydrogen) atoms. The van der Waals surface area contributed by atoms with Crippen LogP contribution in [0.1, 0.15) is 10.5 Å². The minimum absolute atomic E-state index is 0. The Hall–Kier alpha value is -0.581. The molecular weight excluding hydrogens is 235 g/mol. The van der Waals surface area contributed by atoms with Crippen LogP contribution in [0, 0.1) is 0 Å². The molecule has 0 aliphatic heterocycles. The smallest absolute Gasteiger partial charge is 0.267 e. The Kier molecular flexibility index (Phi) is 4.02. The van der Waals surface area contributed by atoms with Gasteiger partial charge in [0.25, 0.3) is 5.91 Å². The summed E-state index contributed by atoms with van der Waals surface area (Å²) in [5.41, 5.74) is 5.22. The number of hydrogen-bond donors (Lipinski definition) is 1. The first-order chi connectivity index (χ1) is 4.30. The molecule has 0 aliphatic rings. The second-order valence-electron chi connectivity index (χ2n) is 1.58. The standard InChI is InChI=1S/C6H6N2O.Sn/c7-6(9)5-3-1-2-4-8-5;/h1-4H,(H2,7,9);. The topological polar surface area (TPSA) is 56.0 Å². The Morgan fingerprint density at radius 3 is 2.50 bits per heavy atom. The molecule has 0 spiro atoms. The van der Waals surface area contributed by atoms with E-state index in [1.807, 2.05) is 0 Å². The van der Waals surface area contributed by atoms with Gasteiger partial charge < -0.3 is 5.73 Å². The summed E-state index contributed by atoms with van der Waals surface area (Å²) in [4.78, 5) is 14.1. The molecule has 4 radical (unpaired) electrons. The molecule has 0 saturated heterocycles. The van der Waals surface area contributed by atoms with Gasteiger partial charge in [-0.2, -0.15) is 0 Å². The van der Waals surface area contributed by atoms with Gasteiger partial charge in [-0.05, 0) is 12.1 Å². The molecule has 0 saturated carbocycles. The predicted molar refractivity (Wildman–Crippen MR) is 38.5 cm³/mol. The van der Waals surface area contributed by atoms with E-state index in [0.29, 0.717) is 5.69 Å². The summed E-state index contributed by atoms with van der Waals surface area (Å²) in [6, 6.07) is 5.02. The van der Waals surface area contributed by atoms with Gasteiger partial charge in [-0.25, -0.2) is 0 Å². The number of carbonyl (C=O) groups excluding carboxylic acids is 1. The van der Waals surface area contributed by atoms with E-state index >= 15 is 0 Å². The van der Waals surface area contributed by atoms with Crippen molar-refractivity contribution in [3.63, 3.8) is 0 Å². The first-order valence-electron chi connectivity index (χ1n) is 2.51. The van der Waals surface area contributed by atoms with Crippen molar-refractivity contribution in [3.8, 4) is 0 Å². The number of pyridine rings is 1. The van der Waals surface area contributed by atoms with Crippen LogP contribution in [0.2, 0.25) is 0 Å². The second-order valence-corrected chi connectivity index (χ2v) is 1.58. The summed E-state index contributed by atoms with van der Waals surface area (Å²) in [6.07, 6.45) is 1.53. The van der Waals surface area contributed by atoms with Crippen molar-refractivity contribution in [2.75, 3.05) is 0 Å². The summed E-state index contributed by atoms with van der Waals surface area (Å²) in [6.45, 7) is 0. The molecule has 0 aliphatic carbocycles. The fourth-order valence-electron chi connectivity index (χ4n) is 0.509. The van der Waals surface area contributed by atoms with Crippen molar-refractivity contribution in [1.29, 1.82) is 0 Å². The zero-order chi connectivity index (χ0) is 6.69. The van der Waals surface area contributed by atoms with Crippen LogP contribution >= 0.6 is 0 Å². The molecular formula is C6H6N2OSn. The van der Waals surface area contributed by atoms with Crippen molar-refractivity contribution in [2.24, 2.45) is 5.73 Å². The van der Waals surface area contributed by atoms with Crippen LogP contribution in [0.3, 0.4) is 0 Å². The van der Waals surface area contributed by atoms with Gasteiger partial charge in [-0.1, -0.05) is 6.07 Å². The van der Waals surface area contributed by atoms with Gasteiger partial charge in [0.1, 0.15) is 5.69 Å². The Labute approximate surface area is 75.6 Å². The molecule has 2 N–H and O–H groups in total. The molecule has 0 fully saturated rings. The van der Waals surface area contributed by atoms with Gasteiger partial charge in [0, 0.05) is 30.1 Å². The Bertz CT molecular complexity index is 212. The van der Waals surface area contributed by atoms with E-state index in [9.17, 15) is 4.79 Å². The fourth-order valence-corrected chi connectivity index (χ4v) is 0.509. The molecule has 1 aromatic rings. The molecule has 0 atom stereocenters. The number of nitrogens with zero attached hydrogens (tertiary/aromatic N) is 1. The quantitative estimate of drug-likeness (QED) is 0.692. The maximum Gasteiger partial charge on any atom is 0.267 e. The molecule has 0 aromatic carbocycles. The average molecular weight is 241 g/mol. The minimum atomic E-state index is -0.490. The van der Waals surface area contributed by atoms with Gasteiger partial charge in [0.05, 0.1) is 0 Å². The van der Waals surface area contributed by atoms with Crippen LogP contribution in [0.5, 0.6) is 0 Å². The molecule has 0 bridgehead atoms. The number of rotatable bonds is 1. The molecule has 4 heteroatoms. The fraction of sp³-hybridized carbons (Fsp3) is 0. The Morgan fingerprint density at radius 2 is 2.20 bits per heavy atom. The third-order valence-electron chi connectivity index (χ3n) is 0.917. The van der Waals surface area contributed by atoms with Crippen molar-refractivity contribution >= 4 is 29.8 Å². The van der Waals surface area contributed by atoms with Crippen LogP contribution in [0.4, 0.5) is 0 Å². The maximum absolute atomic E-state index is 10.4. The Balaban J connectivity index is 0.000000810. The molecule has 1 heterocycles. The first kappa shape index (κ1) is 9.42. The SMILES string of the molecule is NC(=O)c1ccccn1.[Sn]. The third kappa shape index (κ3) is 2.34. The maximum atomic E-state index is 10.4. The normalized spacial score (nSPS) is 8.00. The van der Waals surface area contributed by atoms with E-state index in [-0.39, 0.29) is 23.9 Å². The molecule has 1 aromatic heterocycles. The van der Waals surface area contributed by atoms with E-state index in [4.69, 9.17) is 5.73 Å². The van der Waals surface area contributed by atoms with Crippen molar-refractivity contribution in [1.82, 2.24) is 4.98 Å². The van der Waals surface area contributed by atoms with Gasteiger partial charge >= 0.3 is 0 Å². The van der Waals surface area contributed by atoms with E-state index in [2.05, 4.69) is 4.98 Å². The number of carbonyl (C=O) groups is 1. The van der Waals surface area contributed by atoms with Gasteiger partial charge in [-0.15, -0.1) is 0 Å². The third-order valence-corrected chi connectivity index (χ3v) is 0.917. The van der Waals surface area contributed by atoms with Crippen LogP contribution in [-0.2, 0) is 0 Å². The zero-order valence-electron chi connectivity index (χ0n) is 5.24. The van der Waals surface area contributed by atoms with Crippen LogP contribution in [0.15, 0.2) is 24.4 Å². The van der Waals surface area contributed by atoms with Gasteiger partial charge in [0.15, 0.2) is 0 Å². The molecule has 1 amide bonds. The van der Waals surface area contributed by atoms with Crippen LogP contribution in [0.25, 0.3) is 0 Å². The van der Waals surface area contributed by atoms with E-state index in [1.54, 1.807) is 18.2 Å². The summed E-state index contributed by atoms with van der Waals surface area (Å²) in [5, 5.41) is 0. The number of nitrogens with two attached hydrogens (primary N) is 1. The second kappa shape index (κ2) is 4.27. The van der Waals surface area contributed by atoms with E-state index in [1.165, 1.54) is 6.20 Å². The molecule has 1 rings (SSSR count). The molecule has 50 valence electrons. The molecule has 0 unspecified atom stereocenters. The number of amides is 1. The van der Waals surface area contributed by atoms with Crippen molar-refractivity contribution < 1.29 is 4.79 Å². The van der Waals surface area contributed by atoms with Crippen molar-refractivity contribution in [2.45, 2.75) is 0 Å². The van der Waals surface area contributed by atoms with Crippen molar-refractivity contribution in [3.05, 3.63) is 30.1 Å². The number of hydrogen-bond acceptors (Lipinski definition) is 2.